The molecule has 0 aliphatic heterocycles. The number of rotatable bonds is 4. The molecule has 0 aliphatic rings. The van der Waals surface area contributed by atoms with Crippen LogP contribution in [0.2, 0.25) is 0 Å². The van der Waals surface area contributed by atoms with E-state index in [1.165, 1.54) is 7.05 Å². The van der Waals surface area contributed by atoms with Crippen molar-refractivity contribution in [1.29, 1.82) is 0 Å². The minimum atomic E-state index is -4.49. The van der Waals surface area contributed by atoms with Crippen LogP contribution in [0.15, 0.2) is 58.0 Å². The number of fused-ring (bicyclic) bond motifs is 1. The minimum Gasteiger partial charge on any atom is -0.388 e. The molecule has 3 heterocycles. The number of pyridine rings is 1. The van der Waals surface area contributed by atoms with Gasteiger partial charge in [-0.15, -0.1) is 5.10 Å². The van der Waals surface area contributed by atoms with Crippen LogP contribution in [0.3, 0.4) is 0 Å². The summed E-state index contributed by atoms with van der Waals surface area (Å²) in [7, 11) is 1.48. The number of carbonyl (C=O) groups excluding carboxylic acids is 1. The van der Waals surface area contributed by atoms with Gasteiger partial charge in [-0.3, -0.25) is 4.40 Å². The zero-order chi connectivity index (χ0) is 22.2. The van der Waals surface area contributed by atoms with Crippen molar-refractivity contribution < 1.29 is 22.4 Å². The van der Waals surface area contributed by atoms with Crippen molar-refractivity contribution in [2.75, 3.05) is 11.9 Å². The SMILES string of the molecule is Cn1nc(-c2ccn3c(-c4cccc(NC(=O)NCC(F)(F)F)c4)cnc3c2)oc1=O. The van der Waals surface area contributed by atoms with Crippen molar-refractivity contribution in [3.63, 3.8) is 0 Å². The average Bonchev–Trinajstić information content (AvgIpc) is 3.29. The quantitative estimate of drug-likeness (QED) is 0.516. The van der Waals surface area contributed by atoms with E-state index < -0.39 is 24.5 Å². The molecule has 2 amide bonds. The van der Waals surface area contributed by atoms with Gasteiger partial charge in [-0.25, -0.2) is 14.6 Å². The fourth-order valence-electron chi connectivity index (χ4n) is 2.90. The van der Waals surface area contributed by atoms with E-state index in [0.717, 1.165) is 4.68 Å². The lowest BCUT2D eigenvalue weighted by molar-refractivity contribution is -0.122. The van der Waals surface area contributed by atoms with Gasteiger partial charge in [-0.2, -0.15) is 17.9 Å². The Bertz CT molecular complexity index is 1320. The van der Waals surface area contributed by atoms with Crippen LogP contribution >= 0.6 is 0 Å². The molecule has 2 N–H and O–H groups in total. The standard InChI is InChI=1S/C19H15F3N6O3/c1-27-18(30)31-16(26-27)12-5-6-28-14(9-23-15(28)8-12)11-3-2-4-13(7-11)25-17(29)24-10-19(20,21)22/h2-9H,10H2,1H3,(H2,24,25,29). The van der Waals surface area contributed by atoms with Crippen LogP contribution < -0.4 is 16.4 Å². The summed E-state index contributed by atoms with van der Waals surface area (Å²) in [5.41, 5.74) is 2.81. The number of aryl methyl sites for hydroxylation is 1. The third-order valence-electron chi connectivity index (χ3n) is 4.31. The Morgan fingerprint density at radius 3 is 2.71 bits per heavy atom. The van der Waals surface area contributed by atoms with E-state index in [2.05, 4.69) is 15.4 Å². The molecule has 0 radical (unpaired) electrons. The van der Waals surface area contributed by atoms with E-state index in [4.69, 9.17) is 4.42 Å². The molecule has 1 aromatic carbocycles. The lowest BCUT2D eigenvalue weighted by Crippen LogP contribution is -2.36. The Labute approximate surface area is 172 Å². The van der Waals surface area contributed by atoms with Gasteiger partial charge in [0, 0.05) is 30.1 Å². The monoisotopic (exact) mass is 432 g/mol. The topological polar surface area (TPSA) is 106 Å². The molecule has 160 valence electrons. The fraction of sp³-hybridized carbons (Fsp3) is 0.158. The van der Waals surface area contributed by atoms with E-state index in [1.807, 2.05) is 0 Å². The van der Waals surface area contributed by atoms with Gasteiger partial charge >= 0.3 is 18.0 Å². The normalized spacial score (nSPS) is 11.6. The predicted molar refractivity (Wildman–Crippen MR) is 104 cm³/mol. The Kier molecular flexibility index (Phi) is 4.97. The zero-order valence-electron chi connectivity index (χ0n) is 16.0. The fourth-order valence-corrected chi connectivity index (χ4v) is 2.90. The van der Waals surface area contributed by atoms with E-state index >= 15 is 0 Å². The number of carbonyl (C=O) groups is 1. The van der Waals surface area contributed by atoms with Crippen LogP contribution in [0.4, 0.5) is 23.7 Å². The second-order valence-electron chi connectivity index (χ2n) is 6.59. The molecule has 31 heavy (non-hydrogen) atoms. The first kappa shape index (κ1) is 20.2. The maximum atomic E-state index is 12.2. The molecule has 4 aromatic rings. The molecule has 0 saturated heterocycles. The smallest absolute Gasteiger partial charge is 0.388 e. The molecule has 3 aromatic heterocycles. The Balaban J connectivity index is 1.58. The Hall–Kier alpha value is -4.09. The zero-order valence-corrected chi connectivity index (χ0v) is 16.0. The number of urea groups is 1. The lowest BCUT2D eigenvalue weighted by atomic mass is 10.1. The molecular weight excluding hydrogens is 417 g/mol. The largest absolute Gasteiger partial charge is 0.437 e. The van der Waals surface area contributed by atoms with Crippen LogP contribution in [0.25, 0.3) is 28.4 Å². The molecule has 0 bridgehead atoms. The molecule has 4 rings (SSSR count). The van der Waals surface area contributed by atoms with E-state index in [-0.39, 0.29) is 5.89 Å². The minimum absolute atomic E-state index is 0.163. The lowest BCUT2D eigenvalue weighted by Gasteiger charge is -2.10. The van der Waals surface area contributed by atoms with Gasteiger partial charge < -0.3 is 15.1 Å². The molecule has 0 aliphatic carbocycles. The molecule has 0 fully saturated rings. The van der Waals surface area contributed by atoms with E-state index in [0.29, 0.717) is 28.2 Å². The number of hydrogen-bond donors (Lipinski definition) is 2. The number of halogens is 3. The summed E-state index contributed by atoms with van der Waals surface area (Å²) < 4.78 is 44.6. The summed E-state index contributed by atoms with van der Waals surface area (Å²) >= 11 is 0. The highest BCUT2D eigenvalue weighted by molar-refractivity contribution is 5.90. The van der Waals surface area contributed by atoms with Crippen molar-refractivity contribution in [3.05, 3.63) is 59.3 Å². The van der Waals surface area contributed by atoms with Crippen LogP contribution in [-0.2, 0) is 7.05 Å². The van der Waals surface area contributed by atoms with Gasteiger partial charge in [-0.1, -0.05) is 12.1 Å². The number of imidazole rings is 1. The maximum Gasteiger partial charge on any atom is 0.437 e. The van der Waals surface area contributed by atoms with Crippen molar-refractivity contribution in [2.24, 2.45) is 7.05 Å². The predicted octanol–water partition coefficient (Wildman–Crippen LogP) is 3.04. The molecule has 12 heteroatoms. The Morgan fingerprint density at radius 2 is 2.00 bits per heavy atom. The van der Waals surface area contributed by atoms with Crippen molar-refractivity contribution in [2.45, 2.75) is 6.18 Å². The number of nitrogens with zero attached hydrogens (tertiary/aromatic N) is 4. The molecule has 9 nitrogen and oxygen atoms in total. The molecule has 0 spiro atoms. The van der Waals surface area contributed by atoms with Gasteiger partial charge in [-0.05, 0) is 24.3 Å². The highest BCUT2D eigenvalue weighted by Crippen LogP contribution is 2.26. The summed E-state index contributed by atoms with van der Waals surface area (Å²) in [5, 5.41) is 8.13. The number of hydrogen-bond acceptors (Lipinski definition) is 5. The third-order valence-corrected chi connectivity index (χ3v) is 4.31. The first-order valence-electron chi connectivity index (χ1n) is 8.93. The van der Waals surface area contributed by atoms with Crippen molar-refractivity contribution in [1.82, 2.24) is 24.5 Å². The summed E-state index contributed by atoms with van der Waals surface area (Å²) in [6.07, 6.45) is -1.17. The van der Waals surface area contributed by atoms with Gasteiger partial charge in [0.2, 0.25) is 5.89 Å². The third kappa shape index (κ3) is 4.42. The van der Waals surface area contributed by atoms with E-state index in [9.17, 15) is 22.8 Å². The molecule has 0 unspecified atom stereocenters. The number of aromatic nitrogens is 4. The van der Waals surface area contributed by atoms with Crippen molar-refractivity contribution in [3.8, 4) is 22.7 Å². The van der Waals surface area contributed by atoms with Gasteiger partial charge in [0.05, 0.1) is 11.9 Å². The molecule has 0 atom stereocenters. The Morgan fingerprint density at radius 1 is 1.19 bits per heavy atom. The van der Waals surface area contributed by atoms with Crippen LogP contribution in [0, 0.1) is 0 Å². The summed E-state index contributed by atoms with van der Waals surface area (Å²) in [6.45, 7) is -1.43. The van der Waals surface area contributed by atoms with Crippen LogP contribution in [0.1, 0.15) is 0 Å². The van der Waals surface area contributed by atoms with Gasteiger partial charge in [0.25, 0.3) is 0 Å². The number of benzene rings is 1. The van der Waals surface area contributed by atoms with Gasteiger partial charge in [0.15, 0.2) is 0 Å². The highest BCUT2D eigenvalue weighted by Gasteiger charge is 2.27. The van der Waals surface area contributed by atoms with Crippen molar-refractivity contribution >= 4 is 17.4 Å². The molecular formula is C19H15F3N6O3. The second kappa shape index (κ2) is 7.63. The number of amides is 2. The summed E-state index contributed by atoms with van der Waals surface area (Å²) in [6, 6.07) is 9.04. The summed E-state index contributed by atoms with van der Waals surface area (Å²) in [4.78, 5) is 27.5. The van der Waals surface area contributed by atoms with Crippen LogP contribution in [-0.4, -0.2) is 37.9 Å². The number of anilines is 1. The number of alkyl halides is 3. The molecule has 0 saturated carbocycles. The van der Waals surface area contributed by atoms with E-state index in [1.54, 1.807) is 58.5 Å². The second-order valence-corrected chi connectivity index (χ2v) is 6.59. The summed E-state index contributed by atoms with van der Waals surface area (Å²) in [5.74, 6) is -0.418. The first-order chi connectivity index (χ1) is 14.7. The first-order valence-corrected chi connectivity index (χ1v) is 8.93. The number of nitrogens with one attached hydrogen (secondary N) is 2. The van der Waals surface area contributed by atoms with Gasteiger partial charge in [0.1, 0.15) is 12.2 Å². The average molecular weight is 432 g/mol. The highest BCUT2D eigenvalue weighted by atomic mass is 19.4. The van der Waals surface area contributed by atoms with Crippen LogP contribution in [0.5, 0.6) is 0 Å². The maximum absolute atomic E-state index is 12.2.